The monoisotopic (exact) mass is 463 g/mol. The average molecular weight is 464 g/mol. The summed E-state index contributed by atoms with van der Waals surface area (Å²) in [7, 11) is 1.47. The summed E-state index contributed by atoms with van der Waals surface area (Å²) in [5.74, 6) is -0.166. The van der Waals surface area contributed by atoms with Gasteiger partial charge in [-0.05, 0) is 48.6 Å². The second-order valence-electron chi connectivity index (χ2n) is 8.87. The highest BCUT2D eigenvalue weighted by atomic mass is 16.5. The standard InChI is InChI=1S/C26H29N3O5/c1-17-6-5-13-28(15-17)23(30)11-12-27-24(31)21-14-18(9-10-22(21)34-2)16-29-25(32)19-7-3-4-8-20(19)26(29)33/h3-4,7-10,14,17H,5-6,11-13,15-16H2,1-2H3,(H,27,31). The molecule has 0 aromatic heterocycles. The second-order valence-corrected chi connectivity index (χ2v) is 8.87. The van der Waals surface area contributed by atoms with Crippen LogP contribution in [0.1, 0.15) is 62.8 Å². The number of rotatable bonds is 7. The van der Waals surface area contributed by atoms with Crippen molar-refractivity contribution in [3.63, 3.8) is 0 Å². The van der Waals surface area contributed by atoms with Crippen LogP contribution in [0.5, 0.6) is 5.75 Å². The minimum Gasteiger partial charge on any atom is -0.496 e. The van der Waals surface area contributed by atoms with Gasteiger partial charge in [-0.3, -0.25) is 24.1 Å². The molecule has 2 aromatic carbocycles. The fourth-order valence-electron chi connectivity index (χ4n) is 4.55. The Morgan fingerprint density at radius 2 is 1.79 bits per heavy atom. The molecule has 0 bridgehead atoms. The molecule has 2 aliphatic rings. The van der Waals surface area contributed by atoms with E-state index in [0.29, 0.717) is 28.4 Å². The van der Waals surface area contributed by atoms with Gasteiger partial charge in [0.15, 0.2) is 0 Å². The van der Waals surface area contributed by atoms with Crippen molar-refractivity contribution in [1.82, 2.24) is 15.1 Å². The molecular formula is C26H29N3O5. The number of nitrogens with zero attached hydrogens (tertiary/aromatic N) is 2. The van der Waals surface area contributed by atoms with E-state index in [2.05, 4.69) is 12.2 Å². The van der Waals surface area contributed by atoms with Crippen LogP contribution in [0, 0.1) is 5.92 Å². The van der Waals surface area contributed by atoms with Crippen molar-refractivity contribution in [3.05, 3.63) is 64.7 Å². The quantitative estimate of drug-likeness (QED) is 0.637. The molecule has 4 amide bonds. The number of piperidine rings is 1. The van der Waals surface area contributed by atoms with E-state index in [1.807, 2.05) is 4.90 Å². The smallest absolute Gasteiger partial charge is 0.261 e. The molecule has 1 fully saturated rings. The molecule has 2 heterocycles. The molecule has 0 spiro atoms. The van der Waals surface area contributed by atoms with Gasteiger partial charge in [-0.25, -0.2) is 0 Å². The maximum Gasteiger partial charge on any atom is 0.261 e. The first kappa shape index (κ1) is 23.5. The Kier molecular flexibility index (Phi) is 6.95. The SMILES string of the molecule is COc1ccc(CN2C(=O)c3ccccc3C2=O)cc1C(=O)NCCC(=O)N1CCCC(C)C1. The Labute approximate surface area is 198 Å². The van der Waals surface area contributed by atoms with E-state index >= 15 is 0 Å². The van der Waals surface area contributed by atoms with Crippen molar-refractivity contribution in [2.45, 2.75) is 32.7 Å². The van der Waals surface area contributed by atoms with Crippen molar-refractivity contribution in [1.29, 1.82) is 0 Å². The third-order valence-electron chi connectivity index (χ3n) is 6.36. The fraction of sp³-hybridized carbons (Fsp3) is 0.385. The van der Waals surface area contributed by atoms with E-state index in [1.54, 1.807) is 42.5 Å². The van der Waals surface area contributed by atoms with Gasteiger partial charge >= 0.3 is 0 Å². The van der Waals surface area contributed by atoms with E-state index in [1.165, 1.54) is 12.0 Å². The first-order valence-corrected chi connectivity index (χ1v) is 11.6. The largest absolute Gasteiger partial charge is 0.496 e. The predicted molar refractivity (Wildman–Crippen MR) is 126 cm³/mol. The first-order valence-electron chi connectivity index (χ1n) is 11.6. The Balaban J connectivity index is 1.40. The molecule has 8 nitrogen and oxygen atoms in total. The minimum atomic E-state index is -0.374. The number of amides is 4. The topological polar surface area (TPSA) is 96.0 Å². The number of imide groups is 1. The van der Waals surface area contributed by atoms with Crippen LogP contribution in [0.15, 0.2) is 42.5 Å². The summed E-state index contributed by atoms with van der Waals surface area (Å²) in [5, 5.41) is 2.79. The molecule has 178 valence electrons. The number of hydrogen-bond donors (Lipinski definition) is 1. The molecule has 0 radical (unpaired) electrons. The first-order chi connectivity index (χ1) is 16.4. The maximum atomic E-state index is 12.9. The lowest BCUT2D eigenvalue weighted by Gasteiger charge is -2.31. The van der Waals surface area contributed by atoms with Crippen LogP contribution in [-0.4, -0.2) is 60.2 Å². The molecule has 8 heteroatoms. The Morgan fingerprint density at radius 1 is 1.09 bits per heavy atom. The summed E-state index contributed by atoms with van der Waals surface area (Å²) < 4.78 is 5.34. The van der Waals surface area contributed by atoms with Crippen LogP contribution < -0.4 is 10.1 Å². The van der Waals surface area contributed by atoms with Crippen molar-refractivity contribution in [2.24, 2.45) is 5.92 Å². The van der Waals surface area contributed by atoms with Crippen molar-refractivity contribution >= 4 is 23.6 Å². The summed E-state index contributed by atoms with van der Waals surface area (Å²) in [6.07, 6.45) is 2.38. The van der Waals surface area contributed by atoms with Crippen LogP contribution in [0.2, 0.25) is 0 Å². The number of hydrogen-bond acceptors (Lipinski definition) is 5. The maximum absolute atomic E-state index is 12.9. The Morgan fingerprint density at radius 3 is 2.44 bits per heavy atom. The summed E-state index contributed by atoms with van der Waals surface area (Å²) in [6, 6.07) is 11.7. The predicted octanol–water partition coefficient (Wildman–Crippen LogP) is 2.87. The highest BCUT2D eigenvalue weighted by Gasteiger charge is 2.35. The molecule has 1 N–H and O–H groups in total. The summed E-state index contributed by atoms with van der Waals surface area (Å²) in [5.41, 5.74) is 1.67. The molecule has 34 heavy (non-hydrogen) atoms. The Hall–Kier alpha value is -3.68. The van der Waals surface area contributed by atoms with Gasteiger partial charge in [0.2, 0.25) is 5.91 Å². The van der Waals surface area contributed by atoms with Crippen LogP contribution in [0.25, 0.3) is 0 Å². The summed E-state index contributed by atoms with van der Waals surface area (Å²) in [4.78, 5) is 53.7. The molecule has 0 aliphatic carbocycles. The van der Waals surface area contributed by atoms with Crippen molar-refractivity contribution in [3.8, 4) is 5.75 Å². The number of fused-ring (bicyclic) bond motifs is 1. The van der Waals surface area contributed by atoms with E-state index in [-0.39, 0.29) is 48.7 Å². The third kappa shape index (κ3) is 4.81. The zero-order valence-corrected chi connectivity index (χ0v) is 19.5. The lowest BCUT2D eigenvalue weighted by atomic mass is 10.00. The molecular weight excluding hydrogens is 434 g/mol. The van der Waals surface area contributed by atoms with Crippen LogP contribution in [-0.2, 0) is 11.3 Å². The van der Waals surface area contributed by atoms with Gasteiger partial charge < -0.3 is 15.0 Å². The molecule has 4 rings (SSSR count). The minimum absolute atomic E-state index is 0.0400. The van der Waals surface area contributed by atoms with E-state index in [0.717, 1.165) is 25.9 Å². The molecule has 1 saturated heterocycles. The van der Waals surface area contributed by atoms with Gasteiger partial charge in [0.1, 0.15) is 5.75 Å². The lowest BCUT2D eigenvalue weighted by molar-refractivity contribution is -0.132. The Bertz CT molecular complexity index is 1090. The summed E-state index contributed by atoms with van der Waals surface area (Å²) >= 11 is 0. The number of carbonyl (C=O) groups excluding carboxylic acids is 4. The zero-order valence-electron chi connectivity index (χ0n) is 19.5. The number of ether oxygens (including phenoxy) is 1. The van der Waals surface area contributed by atoms with Crippen LogP contribution >= 0.6 is 0 Å². The molecule has 1 unspecified atom stereocenters. The molecule has 2 aliphatic heterocycles. The van der Waals surface area contributed by atoms with Gasteiger partial charge in [-0.2, -0.15) is 0 Å². The number of likely N-dealkylation sites (tertiary alicyclic amines) is 1. The van der Waals surface area contributed by atoms with Crippen molar-refractivity contribution in [2.75, 3.05) is 26.7 Å². The van der Waals surface area contributed by atoms with Gasteiger partial charge in [0.05, 0.1) is 30.3 Å². The normalized spacial score (nSPS) is 17.5. The van der Waals surface area contributed by atoms with E-state index < -0.39 is 0 Å². The number of nitrogens with one attached hydrogen (secondary N) is 1. The highest BCUT2D eigenvalue weighted by Crippen LogP contribution is 2.26. The van der Waals surface area contributed by atoms with Crippen LogP contribution in [0.4, 0.5) is 0 Å². The number of benzene rings is 2. The van der Waals surface area contributed by atoms with Crippen molar-refractivity contribution < 1.29 is 23.9 Å². The van der Waals surface area contributed by atoms with Gasteiger partial charge in [0, 0.05) is 26.1 Å². The molecule has 2 aromatic rings. The van der Waals surface area contributed by atoms with Gasteiger partial charge in [-0.15, -0.1) is 0 Å². The number of carbonyl (C=O) groups is 4. The average Bonchev–Trinajstić information content (AvgIpc) is 3.08. The third-order valence-corrected chi connectivity index (χ3v) is 6.36. The zero-order chi connectivity index (χ0) is 24.2. The van der Waals surface area contributed by atoms with Gasteiger partial charge in [-0.1, -0.05) is 25.1 Å². The fourth-order valence-corrected chi connectivity index (χ4v) is 4.55. The molecule has 1 atom stereocenters. The van der Waals surface area contributed by atoms with Crippen LogP contribution in [0.3, 0.4) is 0 Å². The highest BCUT2D eigenvalue weighted by molar-refractivity contribution is 6.21. The van der Waals surface area contributed by atoms with E-state index in [4.69, 9.17) is 4.74 Å². The van der Waals surface area contributed by atoms with E-state index in [9.17, 15) is 19.2 Å². The van der Waals surface area contributed by atoms with Gasteiger partial charge in [0.25, 0.3) is 17.7 Å². The second kappa shape index (κ2) is 10.1. The summed E-state index contributed by atoms with van der Waals surface area (Å²) in [6.45, 7) is 3.93. The lowest BCUT2D eigenvalue weighted by Crippen LogP contribution is -2.40. The molecule has 0 saturated carbocycles. The number of methoxy groups -OCH3 is 1.